The van der Waals surface area contributed by atoms with Gasteiger partial charge in [0.1, 0.15) is 5.82 Å². The van der Waals surface area contributed by atoms with Gasteiger partial charge in [0, 0.05) is 12.1 Å². The number of urea groups is 1. The summed E-state index contributed by atoms with van der Waals surface area (Å²) in [6.45, 7) is 3.31. The van der Waals surface area contributed by atoms with Crippen LogP contribution in [0.1, 0.15) is 24.2 Å². The zero-order valence-corrected chi connectivity index (χ0v) is 9.68. The van der Waals surface area contributed by atoms with Crippen molar-refractivity contribution in [1.82, 2.24) is 10.6 Å². The second-order valence-electron chi connectivity index (χ2n) is 3.83. The number of imide groups is 1. The summed E-state index contributed by atoms with van der Waals surface area (Å²) in [6, 6.07) is -0.445. The number of halogens is 3. The van der Waals surface area contributed by atoms with E-state index in [1.54, 1.807) is 19.2 Å². The second-order valence-corrected chi connectivity index (χ2v) is 3.83. The van der Waals surface area contributed by atoms with Crippen LogP contribution in [0.2, 0.25) is 0 Å². The molecule has 0 heterocycles. The van der Waals surface area contributed by atoms with Crippen molar-refractivity contribution in [3.05, 3.63) is 35.1 Å². The van der Waals surface area contributed by atoms with E-state index in [0.29, 0.717) is 6.07 Å². The molecule has 4 nitrogen and oxygen atoms in total. The maximum Gasteiger partial charge on any atom is 0.321 e. The molecule has 3 amide bonds. The minimum Gasteiger partial charge on any atom is -0.336 e. The Bertz CT molecular complexity index is 489. The molecule has 0 aliphatic heterocycles. The lowest BCUT2D eigenvalue weighted by molar-refractivity contribution is 0.0959. The Morgan fingerprint density at radius 2 is 1.61 bits per heavy atom. The van der Waals surface area contributed by atoms with Gasteiger partial charge in [0.2, 0.25) is 0 Å². The van der Waals surface area contributed by atoms with Crippen molar-refractivity contribution < 1.29 is 22.8 Å². The smallest absolute Gasteiger partial charge is 0.321 e. The van der Waals surface area contributed by atoms with Crippen LogP contribution in [0.15, 0.2) is 12.1 Å². The third-order valence-electron chi connectivity index (χ3n) is 1.90. The monoisotopic (exact) mass is 260 g/mol. The van der Waals surface area contributed by atoms with Gasteiger partial charge >= 0.3 is 6.03 Å². The molecule has 0 unspecified atom stereocenters. The summed E-state index contributed by atoms with van der Waals surface area (Å²) < 4.78 is 38.7. The molecule has 1 aromatic rings. The van der Waals surface area contributed by atoms with Crippen LogP contribution in [-0.2, 0) is 0 Å². The quantitative estimate of drug-likeness (QED) is 0.798. The van der Waals surface area contributed by atoms with Crippen molar-refractivity contribution in [3.8, 4) is 0 Å². The number of hydrogen-bond acceptors (Lipinski definition) is 2. The predicted molar refractivity (Wildman–Crippen MR) is 57.4 cm³/mol. The van der Waals surface area contributed by atoms with Gasteiger partial charge in [-0.2, -0.15) is 0 Å². The van der Waals surface area contributed by atoms with Gasteiger partial charge in [-0.05, 0) is 19.9 Å². The Morgan fingerprint density at radius 3 is 2.17 bits per heavy atom. The highest BCUT2D eigenvalue weighted by molar-refractivity contribution is 6.04. The summed E-state index contributed by atoms with van der Waals surface area (Å²) in [5.41, 5.74) is -0.743. The van der Waals surface area contributed by atoms with E-state index in [1.165, 1.54) is 0 Å². The molecule has 0 radical (unpaired) electrons. The lowest BCUT2D eigenvalue weighted by Gasteiger charge is -2.09. The standard InChI is InChI=1S/C11H11F3N2O2/c1-5(2)15-11(18)16-10(17)6-3-8(13)9(14)4-7(6)12/h3-5H,1-2H3,(H2,15,16,17,18). The molecule has 18 heavy (non-hydrogen) atoms. The molecule has 0 aliphatic rings. The summed E-state index contributed by atoms with van der Waals surface area (Å²) >= 11 is 0. The summed E-state index contributed by atoms with van der Waals surface area (Å²) in [5, 5.41) is 4.12. The zero-order chi connectivity index (χ0) is 13.9. The fourth-order valence-corrected chi connectivity index (χ4v) is 1.17. The van der Waals surface area contributed by atoms with E-state index in [2.05, 4.69) is 5.32 Å². The fraction of sp³-hybridized carbons (Fsp3) is 0.273. The molecule has 0 bridgehead atoms. The lowest BCUT2D eigenvalue weighted by atomic mass is 10.2. The Hall–Kier alpha value is -2.05. The van der Waals surface area contributed by atoms with Crippen molar-refractivity contribution in [3.63, 3.8) is 0 Å². The maximum absolute atomic E-state index is 13.2. The Kier molecular flexibility index (Phi) is 4.30. The maximum atomic E-state index is 13.2. The second kappa shape index (κ2) is 5.52. The number of benzene rings is 1. The van der Waals surface area contributed by atoms with E-state index in [1.807, 2.05) is 0 Å². The normalized spacial score (nSPS) is 10.3. The average molecular weight is 260 g/mol. The van der Waals surface area contributed by atoms with Gasteiger partial charge in [0.15, 0.2) is 11.6 Å². The molecule has 1 rings (SSSR count). The number of carbonyl (C=O) groups excluding carboxylic acids is 2. The molecular weight excluding hydrogens is 249 g/mol. The first kappa shape index (κ1) is 14.0. The number of hydrogen-bond donors (Lipinski definition) is 2. The van der Waals surface area contributed by atoms with Crippen molar-refractivity contribution in [1.29, 1.82) is 0 Å². The Morgan fingerprint density at radius 1 is 1.06 bits per heavy atom. The molecule has 98 valence electrons. The first-order valence-electron chi connectivity index (χ1n) is 5.07. The fourth-order valence-electron chi connectivity index (χ4n) is 1.17. The van der Waals surface area contributed by atoms with Crippen molar-refractivity contribution in [2.75, 3.05) is 0 Å². The molecule has 0 aromatic heterocycles. The highest BCUT2D eigenvalue weighted by Gasteiger charge is 2.18. The molecule has 0 fully saturated rings. The minimum absolute atomic E-state index is 0.229. The highest BCUT2D eigenvalue weighted by Crippen LogP contribution is 2.13. The van der Waals surface area contributed by atoms with Crippen molar-refractivity contribution in [2.24, 2.45) is 0 Å². The summed E-state index contributed by atoms with van der Waals surface area (Å²) in [7, 11) is 0. The average Bonchev–Trinajstić information content (AvgIpc) is 2.21. The van der Waals surface area contributed by atoms with Crippen LogP contribution in [0.3, 0.4) is 0 Å². The molecule has 0 saturated heterocycles. The van der Waals surface area contributed by atoms with Gasteiger partial charge in [-0.15, -0.1) is 0 Å². The molecule has 2 N–H and O–H groups in total. The SMILES string of the molecule is CC(C)NC(=O)NC(=O)c1cc(F)c(F)cc1F. The van der Waals surface area contributed by atoms with E-state index in [-0.39, 0.29) is 12.1 Å². The topological polar surface area (TPSA) is 58.2 Å². The Balaban J connectivity index is 2.85. The van der Waals surface area contributed by atoms with Gasteiger partial charge in [-0.3, -0.25) is 10.1 Å². The van der Waals surface area contributed by atoms with Crippen LogP contribution in [0.5, 0.6) is 0 Å². The number of nitrogens with one attached hydrogen (secondary N) is 2. The minimum atomic E-state index is -1.41. The van der Waals surface area contributed by atoms with Gasteiger partial charge in [0.05, 0.1) is 5.56 Å². The van der Waals surface area contributed by atoms with Crippen LogP contribution >= 0.6 is 0 Å². The largest absolute Gasteiger partial charge is 0.336 e. The molecule has 0 saturated carbocycles. The molecule has 0 atom stereocenters. The van der Waals surface area contributed by atoms with Gasteiger partial charge in [-0.1, -0.05) is 0 Å². The van der Waals surface area contributed by atoms with Crippen LogP contribution in [0.25, 0.3) is 0 Å². The lowest BCUT2D eigenvalue weighted by Crippen LogP contribution is -2.42. The van der Waals surface area contributed by atoms with E-state index in [0.717, 1.165) is 0 Å². The van der Waals surface area contributed by atoms with E-state index in [9.17, 15) is 22.8 Å². The van der Waals surface area contributed by atoms with Crippen LogP contribution in [0, 0.1) is 17.5 Å². The molecule has 0 aliphatic carbocycles. The summed E-state index contributed by atoms with van der Waals surface area (Å²) in [5.74, 6) is -5.17. The Labute approximate surface area is 101 Å². The molecule has 1 aromatic carbocycles. The first-order valence-corrected chi connectivity index (χ1v) is 5.07. The molecule has 0 spiro atoms. The predicted octanol–water partition coefficient (Wildman–Crippen LogP) is 1.95. The third kappa shape index (κ3) is 3.47. The zero-order valence-electron chi connectivity index (χ0n) is 9.68. The summed E-state index contributed by atoms with van der Waals surface area (Å²) in [6.07, 6.45) is 0. The van der Waals surface area contributed by atoms with Crippen LogP contribution in [0.4, 0.5) is 18.0 Å². The molecular formula is C11H11F3N2O2. The highest BCUT2D eigenvalue weighted by atomic mass is 19.2. The molecule has 7 heteroatoms. The van der Waals surface area contributed by atoms with Crippen molar-refractivity contribution in [2.45, 2.75) is 19.9 Å². The number of amides is 3. The van der Waals surface area contributed by atoms with Crippen molar-refractivity contribution >= 4 is 11.9 Å². The van der Waals surface area contributed by atoms with E-state index >= 15 is 0 Å². The number of rotatable bonds is 2. The number of carbonyl (C=O) groups is 2. The van der Waals surface area contributed by atoms with Gasteiger partial charge < -0.3 is 5.32 Å². The third-order valence-corrected chi connectivity index (χ3v) is 1.90. The first-order chi connectivity index (χ1) is 8.31. The van der Waals surface area contributed by atoms with Crippen LogP contribution in [-0.4, -0.2) is 18.0 Å². The van der Waals surface area contributed by atoms with E-state index in [4.69, 9.17) is 0 Å². The van der Waals surface area contributed by atoms with Crippen LogP contribution < -0.4 is 10.6 Å². The van der Waals surface area contributed by atoms with Gasteiger partial charge in [-0.25, -0.2) is 18.0 Å². The summed E-state index contributed by atoms with van der Waals surface area (Å²) in [4.78, 5) is 22.6. The van der Waals surface area contributed by atoms with E-state index < -0.39 is 35.0 Å². The van der Waals surface area contributed by atoms with Gasteiger partial charge in [0.25, 0.3) is 5.91 Å².